The Morgan fingerprint density at radius 2 is 1.97 bits per heavy atom. The predicted molar refractivity (Wildman–Crippen MR) is 121 cm³/mol. The topological polar surface area (TPSA) is 111 Å². The monoisotopic (exact) mass is 478 g/mol. The molecule has 0 aliphatic carbocycles. The van der Waals surface area contributed by atoms with Gasteiger partial charge in [-0.15, -0.1) is 10.2 Å². The Bertz CT molecular complexity index is 1050. The van der Waals surface area contributed by atoms with Crippen LogP contribution in [-0.2, 0) is 4.79 Å². The fourth-order valence-electron chi connectivity index (χ4n) is 2.48. The molecular weight excluding hydrogens is 455 g/mol. The second kappa shape index (κ2) is 11.6. The van der Waals surface area contributed by atoms with Gasteiger partial charge in [0.2, 0.25) is 11.0 Å². The molecule has 2 N–H and O–H groups in total. The highest BCUT2D eigenvalue weighted by Crippen LogP contribution is 2.27. The van der Waals surface area contributed by atoms with Crippen LogP contribution in [0.4, 0.5) is 9.52 Å². The molecule has 0 unspecified atom stereocenters. The molecule has 0 bridgehead atoms. The molecule has 0 saturated heterocycles. The molecule has 2 aromatic heterocycles. The predicted octanol–water partition coefficient (Wildman–Crippen LogP) is 3.52. The summed E-state index contributed by atoms with van der Waals surface area (Å²) in [5.74, 6) is -0.429. The molecule has 32 heavy (non-hydrogen) atoms. The van der Waals surface area contributed by atoms with E-state index in [0.29, 0.717) is 28.9 Å². The van der Waals surface area contributed by atoms with Gasteiger partial charge in [-0.3, -0.25) is 14.9 Å². The number of carbonyl (C=O) groups is 2. The molecule has 2 heterocycles. The summed E-state index contributed by atoms with van der Waals surface area (Å²) < 4.78 is 20.9. The molecule has 0 atom stereocenters. The zero-order chi connectivity index (χ0) is 22.9. The Morgan fingerprint density at radius 1 is 1.19 bits per heavy atom. The maximum atomic E-state index is 13.2. The third kappa shape index (κ3) is 6.50. The Morgan fingerprint density at radius 3 is 2.69 bits per heavy atom. The lowest BCUT2D eigenvalue weighted by Crippen LogP contribution is -2.25. The van der Waals surface area contributed by atoms with Crippen LogP contribution in [-0.4, -0.2) is 50.7 Å². The van der Waals surface area contributed by atoms with Gasteiger partial charge in [0.1, 0.15) is 5.82 Å². The van der Waals surface area contributed by atoms with Gasteiger partial charge in [-0.1, -0.05) is 36.9 Å². The summed E-state index contributed by atoms with van der Waals surface area (Å²) in [6, 6.07) is 5.73. The fourth-order valence-corrected chi connectivity index (χ4v) is 4.05. The van der Waals surface area contributed by atoms with Crippen LogP contribution in [0.5, 0.6) is 5.75 Å². The lowest BCUT2D eigenvalue weighted by atomic mass is 10.3. The van der Waals surface area contributed by atoms with Crippen molar-refractivity contribution >= 4 is 40.0 Å². The van der Waals surface area contributed by atoms with E-state index in [1.54, 1.807) is 18.3 Å². The smallest absolute Gasteiger partial charge is 0.281 e. The molecule has 3 rings (SSSR count). The van der Waals surface area contributed by atoms with Crippen LogP contribution in [0.3, 0.4) is 0 Å². The SMILES string of the molecule is CCCNC(=O)CSc1nnc(NC(=O)c2nn(-c3ccc(F)cc3)cc2OCCC)s1. The van der Waals surface area contributed by atoms with Gasteiger partial charge in [0, 0.05) is 6.54 Å². The minimum Gasteiger partial charge on any atom is -0.489 e. The van der Waals surface area contributed by atoms with Gasteiger partial charge in [-0.25, -0.2) is 9.07 Å². The van der Waals surface area contributed by atoms with Crippen molar-refractivity contribution in [3.63, 3.8) is 0 Å². The molecule has 0 aliphatic rings. The quantitative estimate of drug-likeness (QED) is 0.320. The number of benzene rings is 1. The number of aromatic nitrogens is 4. The summed E-state index contributed by atoms with van der Waals surface area (Å²) in [5.41, 5.74) is 0.661. The number of ether oxygens (including phenoxy) is 1. The summed E-state index contributed by atoms with van der Waals surface area (Å²) in [7, 11) is 0. The van der Waals surface area contributed by atoms with E-state index >= 15 is 0 Å². The third-order valence-electron chi connectivity index (χ3n) is 3.97. The normalized spacial score (nSPS) is 10.7. The van der Waals surface area contributed by atoms with Gasteiger partial charge in [-0.2, -0.15) is 5.10 Å². The Balaban J connectivity index is 1.69. The zero-order valence-electron chi connectivity index (χ0n) is 17.6. The van der Waals surface area contributed by atoms with Crippen LogP contribution in [0.25, 0.3) is 5.69 Å². The van der Waals surface area contributed by atoms with Gasteiger partial charge in [0.15, 0.2) is 15.8 Å². The summed E-state index contributed by atoms with van der Waals surface area (Å²) in [6.45, 7) is 4.97. The molecule has 0 fully saturated rings. The number of nitrogens with one attached hydrogen (secondary N) is 2. The van der Waals surface area contributed by atoms with Crippen LogP contribution in [0, 0.1) is 5.82 Å². The minimum atomic E-state index is -0.509. The summed E-state index contributed by atoms with van der Waals surface area (Å²) >= 11 is 2.41. The summed E-state index contributed by atoms with van der Waals surface area (Å²) in [4.78, 5) is 24.5. The first kappa shape index (κ1) is 23.7. The number of anilines is 1. The largest absolute Gasteiger partial charge is 0.489 e. The Hall–Kier alpha value is -2.99. The first-order valence-corrected chi connectivity index (χ1v) is 11.8. The number of carbonyl (C=O) groups excluding carboxylic acids is 2. The Labute approximate surface area is 192 Å². The van der Waals surface area contributed by atoms with Crippen molar-refractivity contribution in [1.29, 1.82) is 0 Å². The van der Waals surface area contributed by atoms with Crippen molar-refractivity contribution in [1.82, 2.24) is 25.3 Å². The number of hydrogen-bond acceptors (Lipinski definition) is 8. The molecule has 0 aliphatic heterocycles. The van der Waals surface area contributed by atoms with Crippen molar-refractivity contribution in [2.45, 2.75) is 31.0 Å². The van der Waals surface area contributed by atoms with Crippen LogP contribution in [0.15, 0.2) is 34.8 Å². The van der Waals surface area contributed by atoms with Crippen LogP contribution < -0.4 is 15.4 Å². The van der Waals surface area contributed by atoms with Gasteiger partial charge in [0.25, 0.3) is 5.91 Å². The minimum absolute atomic E-state index is 0.0751. The van der Waals surface area contributed by atoms with E-state index in [1.807, 2.05) is 13.8 Å². The van der Waals surface area contributed by atoms with Crippen molar-refractivity contribution in [3.8, 4) is 11.4 Å². The molecule has 0 spiro atoms. The number of rotatable bonds is 11. The second-order valence-corrected chi connectivity index (χ2v) is 8.78. The highest BCUT2D eigenvalue weighted by atomic mass is 32.2. The second-order valence-electron chi connectivity index (χ2n) is 6.58. The van der Waals surface area contributed by atoms with E-state index in [2.05, 4.69) is 25.9 Å². The average Bonchev–Trinajstić information content (AvgIpc) is 3.42. The molecule has 0 radical (unpaired) electrons. The zero-order valence-corrected chi connectivity index (χ0v) is 19.3. The highest BCUT2D eigenvalue weighted by molar-refractivity contribution is 8.01. The van der Waals surface area contributed by atoms with Crippen molar-refractivity contribution in [2.75, 3.05) is 24.2 Å². The molecular formula is C20H23FN6O3S2. The standard InChI is InChI=1S/C20H23FN6O3S2/c1-3-9-22-16(28)12-31-20-25-24-19(32-20)23-18(29)17-15(30-10-4-2)11-27(26-17)14-7-5-13(21)6-8-14/h5-8,11H,3-4,9-10,12H2,1-2H3,(H,22,28)(H,23,24,29). The van der Waals surface area contributed by atoms with E-state index < -0.39 is 5.91 Å². The lowest BCUT2D eigenvalue weighted by Gasteiger charge is -2.03. The summed E-state index contributed by atoms with van der Waals surface area (Å²) in [5, 5.41) is 18.0. The van der Waals surface area contributed by atoms with Gasteiger partial charge >= 0.3 is 0 Å². The van der Waals surface area contributed by atoms with Gasteiger partial charge in [0.05, 0.1) is 24.2 Å². The number of amides is 2. The van der Waals surface area contributed by atoms with Crippen molar-refractivity contribution in [3.05, 3.63) is 42.0 Å². The Kier molecular flexibility index (Phi) is 8.56. The molecule has 1 aromatic carbocycles. The number of halogens is 1. The van der Waals surface area contributed by atoms with Crippen molar-refractivity contribution in [2.24, 2.45) is 0 Å². The molecule has 170 valence electrons. The first-order chi connectivity index (χ1) is 15.5. The van der Waals surface area contributed by atoms with Crippen molar-refractivity contribution < 1.29 is 18.7 Å². The molecule has 2 amide bonds. The van der Waals surface area contributed by atoms with E-state index in [9.17, 15) is 14.0 Å². The molecule has 3 aromatic rings. The first-order valence-electron chi connectivity index (χ1n) is 10.0. The van der Waals surface area contributed by atoms with Crippen LogP contribution >= 0.6 is 23.1 Å². The number of hydrogen-bond donors (Lipinski definition) is 2. The number of thioether (sulfide) groups is 1. The van der Waals surface area contributed by atoms with Crippen LogP contribution in [0.1, 0.15) is 37.2 Å². The van der Waals surface area contributed by atoms with Gasteiger partial charge < -0.3 is 10.1 Å². The van der Waals surface area contributed by atoms with E-state index in [1.165, 1.54) is 28.6 Å². The van der Waals surface area contributed by atoms with E-state index in [0.717, 1.165) is 24.2 Å². The maximum Gasteiger partial charge on any atom is 0.281 e. The van der Waals surface area contributed by atoms with Gasteiger partial charge in [-0.05, 0) is 37.1 Å². The maximum absolute atomic E-state index is 13.2. The van der Waals surface area contributed by atoms with Crippen LogP contribution in [0.2, 0.25) is 0 Å². The summed E-state index contributed by atoms with van der Waals surface area (Å²) in [6.07, 6.45) is 3.20. The van der Waals surface area contributed by atoms with E-state index in [-0.39, 0.29) is 28.3 Å². The lowest BCUT2D eigenvalue weighted by molar-refractivity contribution is -0.118. The fraction of sp³-hybridized carbons (Fsp3) is 0.350. The molecule has 9 nitrogen and oxygen atoms in total. The third-order valence-corrected chi connectivity index (χ3v) is 5.95. The van der Waals surface area contributed by atoms with E-state index in [4.69, 9.17) is 4.74 Å². The average molecular weight is 479 g/mol. The highest BCUT2D eigenvalue weighted by Gasteiger charge is 2.21. The molecule has 12 heteroatoms. The molecule has 0 saturated carbocycles. The number of nitrogens with zero attached hydrogens (tertiary/aromatic N) is 4.